The average molecular weight is 316 g/mol. The van der Waals surface area contributed by atoms with Gasteiger partial charge < -0.3 is 4.74 Å². The number of hydrogen-bond donors (Lipinski definition) is 0. The van der Waals surface area contributed by atoms with Crippen LogP contribution in [0.25, 0.3) is 0 Å². The van der Waals surface area contributed by atoms with Crippen LogP contribution < -0.4 is 0 Å². The van der Waals surface area contributed by atoms with Crippen molar-refractivity contribution >= 4 is 11.6 Å². The molecule has 0 spiro atoms. The Morgan fingerprint density at radius 1 is 1.25 bits per heavy atom. The topological polar surface area (TPSA) is 12.5 Å². The Kier molecular flexibility index (Phi) is 4.51. The van der Waals surface area contributed by atoms with Crippen LogP contribution in [-0.4, -0.2) is 36.9 Å². The summed E-state index contributed by atoms with van der Waals surface area (Å²) >= 11 is 5.49. The largest absolute Gasteiger partial charge is 0.415 e. The second-order valence-electron chi connectivity index (χ2n) is 4.48. The summed E-state index contributed by atoms with van der Waals surface area (Å²) < 4.78 is 69.4. The Hall–Kier alpha value is -0.920. The molecule has 1 aromatic rings. The van der Waals surface area contributed by atoms with E-state index in [2.05, 4.69) is 4.74 Å². The van der Waals surface area contributed by atoms with E-state index in [1.807, 2.05) is 0 Å². The second kappa shape index (κ2) is 5.83. The monoisotopic (exact) mass is 315 g/mol. The van der Waals surface area contributed by atoms with Crippen molar-refractivity contribution in [3.63, 3.8) is 0 Å². The van der Waals surface area contributed by atoms with Crippen molar-refractivity contribution in [2.45, 2.75) is 18.8 Å². The first-order valence-corrected chi connectivity index (χ1v) is 6.19. The minimum atomic E-state index is -4.49. The smallest absolute Gasteiger partial charge is 0.366 e. The Bertz CT molecular complexity index is 470. The van der Waals surface area contributed by atoms with Crippen molar-refractivity contribution in [3.05, 3.63) is 34.4 Å². The number of alkyl halides is 3. The summed E-state index contributed by atoms with van der Waals surface area (Å²) in [5.74, 6) is -1.74. The molecule has 112 valence electrons. The Morgan fingerprint density at radius 3 is 2.40 bits per heavy atom. The van der Waals surface area contributed by atoms with Gasteiger partial charge in [0.2, 0.25) is 0 Å². The molecule has 1 atom stereocenters. The summed E-state index contributed by atoms with van der Waals surface area (Å²) in [5.41, 5.74) is -0.294. The van der Waals surface area contributed by atoms with E-state index < -0.39 is 30.5 Å². The van der Waals surface area contributed by atoms with Gasteiger partial charge in [-0.2, -0.15) is 13.2 Å². The molecule has 2 rings (SSSR count). The van der Waals surface area contributed by atoms with Crippen LogP contribution in [0.1, 0.15) is 5.56 Å². The van der Waals surface area contributed by atoms with Gasteiger partial charge in [-0.05, 0) is 12.1 Å². The highest BCUT2D eigenvalue weighted by atomic mass is 35.5. The van der Waals surface area contributed by atoms with Crippen LogP contribution in [0.4, 0.5) is 22.0 Å². The third-order valence-electron chi connectivity index (χ3n) is 3.00. The van der Waals surface area contributed by atoms with Gasteiger partial charge in [0, 0.05) is 30.2 Å². The summed E-state index contributed by atoms with van der Waals surface area (Å²) in [6.07, 6.45) is -6.43. The second-order valence-corrected chi connectivity index (χ2v) is 4.92. The lowest BCUT2D eigenvalue weighted by molar-refractivity contribution is -0.237. The predicted molar refractivity (Wildman–Crippen MR) is 62.4 cm³/mol. The lowest BCUT2D eigenvalue weighted by Crippen LogP contribution is -2.48. The van der Waals surface area contributed by atoms with Crippen molar-refractivity contribution in [2.24, 2.45) is 0 Å². The fraction of sp³-hybridized carbons (Fsp3) is 0.500. The summed E-state index contributed by atoms with van der Waals surface area (Å²) in [6, 6.07) is 1.86. The summed E-state index contributed by atoms with van der Waals surface area (Å²) in [5, 5.41) is -0.0982. The standard InChI is InChI=1S/C12H11ClF5NO/c13-7-3-9(14)8(10(15)4-7)5-19-1-2-20-11(6-19)12(16,17)18/h3-4,11H,1-2,5-6H2. The maximum Gasteiger partial charge on any atom is 0.415 e. The van der Waals surface area contributed by atoms with Crippen LogP contribution in [0.2, 0.25) is 5.02 Å². The molecular formula is C12H11ClF5NO. The molecule has 0 aliphatic carbocycles. The maximum absolute atomic E-state index is 13.6. The van der Waals surface area contributed by atoms with Crippen molar-refractivity contribution < 1.29 is 26.7 Å². The van der Waals surface area contributed by atoms with Crippen LogP contribution >= 0.6 is 11.6 Å². The normalized spacial score (nSPS) is 21.2. The van der Waals surface area contributed by atoms with Crippen LogP contribution in [-0.2, 0) is 11.3 Å². The van der Waals surface area contributed by atoms with Gasteiger partial charge in [0.1, 0.15) is 11.6 Å². The summed E-state index contributed by atoms with van der Waals surface area (Å²) in [4.78, 5) is 1.30. The van der Waals surface area contributed by atoms with Crippen LogP contribution in [0, 0.1) is 11.6 Å². The molecule has 1 aromatic carbocycles. The molecule has 1 fully saturated rings. The highest BCUT2D eigenvalue weighted by Crippen LogP contribution is 2.27. The molecule has 0 bridgehead atoms. The molecule has 8 heteroatoms. The number of halogens is 6. The zero-order chi connectivity index (χ0) is 14.9. The molecule has 20 heavy (non-hydrogen) atoms. The fourth-order valence-electron chi connectivity index (χ4n) is 1.99. The van der Waals surface area contributed by atoms with E-state index in [1.165, 1.54) is 4.90 Å². The van der Waals surface area contributed by atoms with Gasteiger partial charge in [-0.15, -0.1) is 0 Å². The van der Waals surface area contributed by atoms with Gasteiger partial charge in [0.25, 0.3) is 0 Å². The van der Waals surface area contributed by atoms with E-state index in [1.54, 1.807) is 0 Å². The first-order chi connectivity index (χ1) is 9.27. The lowest BCUT2D eigenvalue weighted by Gasteiger charge is -2.33. The molecule has 0 aromatic heterocycles. The van der Waals surface area contributed by atoms with Gasteiger partial charge in [-0.3, -0.25) is 4.90 Å². The molecule has 0 radical (unpaired) electrons. The van der Waals surface area contributed by atoms with E-state index in [4.69, 9.17) is 11.6 Å². The van der Waals surface area contributed by atoms with E-state index in [0.29, 0.717) is 0 Å². The van der Waals surface area contributed by atoms with Gasteiger partial charge in [0.05, 0.1) is 6.61 Å². The number of benzene rings is 1. The lowest BCUT2D eigenvalue weighted by atomic mass is 10.1. The van der Waals surface area contributed by atoms with E-state index in [9.17, 15) is 22.0 Å². The SMILES string of the molecule is Fc1cc(Cl)cc(F)c1CN1CCOC(C(F)(F)F)C1. The highest BCUT2D eigenvalue weighted by Gasteiger charge is 2.43. The number of nitrogens with zero attached hydrogens (tertiary/aromatic N) is 1. The van der Waals surface area contributed by atoms with E-state index in [-0.39, 0.29) is 30.3 Å². The Labute approximate surface area is 117 Å². The highest BCUT2D eigenvalue weighted by molar-refractivity contribution is 6.30. The number of hydrogen-bond acceptors (Lipinski definition) is 2. The Balaban J connectivity index is 2.11. The zero-order valence-electron chi connectivity index (χ0n) is 10.2. The van der Waals surface area contributed by atoms with Gasteiger partial charge >= 0.3 is 6.18 Å². The number of ether oxygens (including phenoxy) is 1. The third-order valence-corrected chi connectivity index (χ3v) is 3.22. The van der Waals surface area contributed by atoms with Gasteiger partial charge in [-0.1, -0.05) is 11.6 Å². The molecule has 0 N–H and O–H groups in total. The van der Waals surface area contributed by atoms with Crippen LogP contribution in [0.15, 0.2) is 12.1 Å². The molecule has 1 saturated heterocycles. The molecule has 2 nitrogen and oxygen atoms in total. The average Bonchev–Trinajstić information content (AvgIpc) is 2.33. The molecule has 1 aliphatic heterocycles. The zero-order valence-corrected chi connectivity index (χ0v) is 10.9. The van der Waals surface area contributed by atoms with Gasteiger partial charge in [-0.25, -0.2) is 8.78 Å². The van der Waals surface area contributed by atoms with Crippen molar-refractivity contribution in [3.8, 4) is 0 Å². The van der Waals surface area contributed by atoms with Crippen molar-refractivity contribution in [1.29, 1.82) is 0 Å². The summed E-state index contributed by atoms with van der Waals surface area (Å²) in [7, 11) is 0. The first-order valence-electron chi connectivity index (χ1n) is 5.81. The third kappa shape index (κ3) is 3.59. The number of morpholine rings is 1. The first kappa shape index (κ1) is 15.5. The van der Waals surface area contributed by atoms with Crippen LogP contribution in [0.5, 0.6) is 0 Å². The minimum Gasteiger partial charge on any atom is -0.366 e. The quantitative estimate of drug-likeness (QED) is 0.776. The van der Waals surface area contributed by atoms with Crippen LogP contribution in [0.3, 0.4) is 0 Å². The maximum atomic E-state index is 13.6. The van der Waals surface area contributed by atoms with Crippen molar-refractivity contribution in [1.82, 2.24) is 4.90 Å². The summed E-state index contributed by atoms with van der Waals surface area (Å²) in [6.45, 7) is -0.676. The Morgan fingerprint density at radius 2 is 1.85 bits per heavy atom. The predicted octanol–water partition coefficient (Wildman–Crippen LogP) is 3.38. The fourth-order valence-corrected chi connectivity index (χ4v) is 2.18. The molecule has 0 amide bonds. The van der Waals surface area contributed by atoms with Gasteiger partial charge in [0.15, 0.2) is 6.10 Å². The molecule has 1 aliphatic rings. The minimum absolute atomic E-state index is 0.0982. The number of rotatable bonds is 2. The van der Waals surface area contributed by atoms with E-state index in [0.717, 1.165) is 12.1 Å². The molecule has 1 heterocycles. The molecular weight excluding hydrogens is 305 g/mol. The van der Waals surface area contributed by atoms with Crippen molar-refractivity contribution in [2.75, 3.05) is 19.7 Å². The molecule has 0 saturated carbocycles. The molecule has 1 unspecified atom stereocenters. The van der Waals surface area contributed by atoms with E-state index >= 15 is 0 Å².